The lowest BCUT2D eigenvalue weighted by atomic mass is 9.75. The Morgan fingerprint density at radius 2 is 1.79 bits per heavy atom. The number of fused-ring (bicyclic) bond motifs is 1. The zero-order valence-corrected chi connectivity index (χ0v) is 18.4. The number of anilines is 1. The molecule has 1 saturated carbocycles. The Morgan fingerprint density at radius 3 is 2.34 bits per heavy atom. The number of hydrogen-bond acceptors (Lipinski definition) is 5. The van der Waals surface area contributed by atoms with Gasteiger partial charge < -0.3 is 18.8 Å². The quantitative estimate of drug-likeness (QED) is 0.721. The molecule has 1 amide bonds. The van der Waals surface area contributed by atoms with Gasteiger partial charge in [0.2, 0.25) is 0 Å². The molecule has 1 aromatic rings. The van der Waals surface area contributed by atoms with E-state index in [1.807, 2.05) is 12.1 Å². The van der Waals surface area contributed by atoms with Gasteiger partial charge in [-0.2, -0.15) is 0 Å². The number of benzene rings is 1. The Balaban J connectivity index is 1.78. The van der Waals surface area contributed by atoms with Gasteiger partial charge >= 0.3 is 13.2 Å². The minimum absolute atomic E-state index is 0.0780. The standard InChI is InChI=1S/C22H32BNO5/c1-14-10-11-16-18(24(14)20(25)26-6)13-12-17(19(16)27-15-8-7-9-15)23-28-21(2,3)22(4,5)29-23/h12-15H,7-11H2,1-6H3/t14-/m0/s1. The Kier molecular flexibility index (Phi) is 5.10. The zero-order chi connectivity index (χ0) is 21.0. The molecule has 1 atom stereocenters. The number of hydrogen-bond donors (Lipinski definition) is 0. The Labute approximate surface area is 174 Å². The van der Waals surface area contributed by atoms with Crippen LogP contribution in [0, 0.1) is 0 Å². The van der Waals surface area contributed by atoms with Gasteiger partial charge in [-0.15, -0.1) is 0 Å². The highest BCUT2D eigenvalue weighted by atomic mass is 16.7. The second kappa shape index (κ2) is 7.20. The topological polar surface area (TPSA) is 57.2 Å². The highest BCUT2D eigenvalue weighted by molar-refractivity contribution is 6.63. The summed E-state index contributed by atoms with van der Waals surface area (Å²) in [6.45, 7) is 10.3. The van der Waals surface area contributed by atoms with E-state index in [1.165, 1.54) is 13.5 Å². The van der Waals surface area contributed by atoms with E-state index in [2.05, 4.69) is 34.6 Å². The lowest BCUT2D eigenvalue weighted by Crippen LogP contribution is -2.44. The molecule has 3 aliphatic rings. The third-order valence-corrected chi connectivity index (χ3v) is 6.99. The van der Waals surface area contributed by atoms with E-state index < -0.39 is 18.3 Å². The molecule has 1 aromatic carbocycles. The largest absolute Gasteiger partial charge is 0.498 e. The van der Waals surface area contributed by atoms with Crippen LogP contribution in [0.25, 0.3) is 0 Å². The smallest absolute Gasteiger partial charge is 0.490 e. The molecule has 2 aliphatic heterocycles. The summed E-state index contributed by atoms with van der Waals surface area (Å²) in [6.07, 6.45) is 4.89. The van der Waals surface area contributed by atoms with E-state index in [0.29, 0.717) is 0 Å². The molecule has 1 saturated heterocycles. The summed E-state index contributed by atoms with van der Waals surface area (Å²) in [7, 11) is 0.930. The monoisotopic (exact) mass is 401 g/mol. The van der Waals surface area contributed by atoms with Crippen molar-refractivity contribution in [1.29, 1.82) is 0 Å². The molecule has 2 fully saturated rings. The lowest BCUT2D eigenvalue weighted by molar-refractivity contribution is 0.00578. The second-order valence-corrected chi connectivity index (χ2v) is 9.47. The van der Waals surface area contributed by atoms with E-state index >= 15 is 0 Å². The van der Waals surface area contributed by atoms with Crippen LogP contribution in [0.4, 0.5) is 10.5 Å². The maximum Gasteiger partial charge on any atom is 0.498 e. The van der Waals surface area contributed by atoms with Crippen molar-refractivity contribution in [1.82, 2.24) is 0 Å². The molecule has 2 heterocycles. The fourth-order valence-corrected chi connectivity index (χ4v) is 4.15. The number of amides is 1. The molecule has 0 spiro atoms. The van der Waals surface area contributed by atoms with Crippen LogP contribution in [0.2, 0.25) is 0 Å². The predicted octanol–water partition coefficient (Wildman–Crippen LogP) is 3.82. The first-order valence-corrected chi connectivity index (χ1v) is 10.7. The van der Waals surface area contributed by atoms with E-state index in [1.54, 1.807) is 4.90 Å². The van der Waals surface area contributed by atoms with Gasteiger partial charge in [-0.3, -0.25) is 4.90 Å². The molecule has 0 N–H and O–H groups in total. The van der Waals surface area contributed by atoms with Crippen molar-refractivity contribution in [3.05, 3.63) is 17.7 Å². The lowest BCUT2D eigenvalue weighted by Gasteiger charge is -2.37. The van der Waals surface area contributed by atoms with Crippen molar-refractivity contribution >= 4 is 24.4 Å². The summed E-state index contributed by atoms with van der Waals surface area (Å²) in [5.41, 5.74) is 1.98. The van der Waals surface area contributed by atoms with Gasteiger partial charge in [-0.1, -0.05) is 6.07 Å². The summed E-state index contributed by atoms with van der Waals surface area (Å²) >= 11 is 0. The maximum absolute atomic E-state index is 12.5. The third-order valence-electron chi connectivity index (χ3n) is 6.99. The average Bonchev–Trinajstić information content (AvgIpc) is 2.84. The number of nitrogens with zero attached hydrogens (tertiary/aromatic N) is 1. The number of rotatable bonds is 3. The molecule has 0 bridgehead atoms. The molecule has 0 unspecified atom stereocenters. The van der Waals surface area contributed by atoms with Gasteiger partial charge in [0.15, 0.2) is 0 Å². The van der Waals surface area contributed by atoms with Crippen LogP contribution < -0.4 is 15.1 Å². The van der Waals surface area contributed by atoms with Crippen LogP contribution in [0.5, 0.6) is 5.75 Å². The molecule has 6 nitrogen and oxygen atoms in total. The Bertz CT molecular complexity index is 789. The normalized spacial score (nSPS) is 25.4. The van der Waals surface area contributed by atoms with Crippen LogP contribution >= 0.6 is 0 Å². The van der Waals surface area contributed by atoms with Crippen molar-refractivity contribution in [2.45, 2.75) is 90.1 Å². The minimum atomic E-state index is -0.494. The second-order valence-electron chi connectivity index (χ2n) is 9.47. The van der Waals surface area contributed by atoms with Crippen LogP contribution in [0.15, 0.2) is 12.1 Å². The van der Waals surface area contributed by atoms with Crippen molar-refractivity contribution < 1.29 is 23.6 Å². The molecular formula is C22H32BNO5. The van der Waals surface area contributed by atoms with Crippen molar-refractivity contribution in [2.75, 3.05) is 12.0 Å². The Morgan fingerprint density at radius 1 is 1.14 bits per heavy atom. The number of ether oxygens (including phenoxy) is 2. The summed E-state index contributed by atoms with van der Waals surface area (Å²) < 4.78 is 24.2. The van der Waals surface area contributed by atoms with Gasteiger partial charge in [-0.25, -0.2) is 4.79 Å². The maximum atomic E-state index is 12.5. The van der Waals surface area contributed by atoms with Crippen molar-refractivity contribution in [3.8, 4) is 5.75 Å². The molecule has 7 heteroatoms. The van der Waals surface area contributed by atoms with Gasteiger partial charge in [0.05, 0.1) is 30.1 Å². The molecule has 4 rings (SSSR count). The van der Waals surface area contributed by atoms with E-state index in [9.17, 15) is 4.79 Å². The SMILES string of the molecule is COC(=O)N1c2ccc(B3OC(C)(C)C(C)(C)O3)c(OC3CCC3)c2CC[C@@H]1C. The predicted molar refractivity (Wildman–Crippen MR) is 113 cm³/mol. The van der Waals surface area contributed by atoms with Crippen molar-refractivity contribution in [2.24, 2.45) is 0 Å². The zero-order valence-electron chi connectivity index (χ0n) is 18.4. The van der Waals surface area contributed by atoms with Crippen molar-refractivity contribution in [3.63, 3.8) is 0 Å². The van der Waals surface area contributed by atoms with Crippen LogP contribution in [-0.2, 0) is 20.5 Å². The van der Waals surface area contributed by atoms with E-state index in [4.69, 9.17) is 18.8 Å². The van der Waals surface area contributed by atoms with Crippen LogP contribution in [0.1, 0.15) is 65.9 Å². The number of methoxy groups -OCH3 is 1. The minimum Gasteiger partial charge on any atom is -0.490 e. The number of carbonyl (C=O) groups excluding carboxylic acids is 1. The molecule has 1 aliphatic carbocycles. The van der Waals surface area contributed by atoms with E-state index in [-0.39, 0.29) is 18.2 Å². The number of carbonyl (C=O) groups is 1. The molecule has 29 heavy (non-hydrogen) atoms. The molecule has 0 radical (unpaired) electrons. The Hall–Kier alpha value is -1.73. The average molecular weight is 401 g/mol. The third kappa shape index (κ3) is 3.42. The van der Waals surface area contributed by atoms with Gasteiger partial charge in [-0.05, 0) is 72.8 Å². The van der Waals surface area contributed by atoms with Gasteiger partial charge in [0.1, 0.15) is 5.75 Å². The molecular weight excluding hydrogens is 369 g/mol. The summed E-state index contributed by atoms with van der Waals surface area (Å²) in [4.78, 5) is 14.2. The van der Waals surface area contributed by atoms with Gasteiger partial charge in [0.25, 0.3) is 0 Å². The van der Waals surface area contributed by atoms with Gasteiger partial charge in [0, 0.05) is 17.1 Å². The first-order chi connectivity index (χ1) is 13.6. The van der Waals surface area contributed by atoms with E-state index in [0.717, 1.165) is 48.1 Å². The summed E-state index contributed by atoms with van der Waals surface area (Å²) in [6, 6.07) is 4.05. The van der Waals surface area contributed by atoms with Crippen LogP contribution in [0.3, 0.4) is 0 Å². The van der Waals surface area contributed by atoms with Crippen LogP contribution in [-0.4, -0.2) is 43.7 Å². The molecule has 158 valence electrons. The first-order valence-electron chi connectivity index (χ1n) is 10.7. The molecule has 0 aromatic heterocycles. The summed E-state index contributed by atoms with van der Waals surface area (Å²) in [5, 5.41) is 0. The first kappa shape index (κ1) is 20.5. The fraction of sp³-hybridized carbons (Fsp3) is 0.682. The highest BCUT2D eigenvalue weighted by Gasteiger charge is 2.53. The fourth-order valence-electron chi connectivity index (χ4n) is 4.15. The highest BCUT2D eigenvalue weighted by Crippen LogP contribution is 2.41. The summed E-state index contributed by atoms with van der Waals surface area (Å²) in [5.74, 6) is 0.825.